The van der Waals surface area contributed by atoms with Crippen LogP contribution in [0.2, 0.25) is 5.02 Å². The fraction of sp³-hybridized carbons (Fsp3) is 0.333. The Kier molecular flexibility index (Phi) is 4.82. The molecule has 2 aromatic rings. The van der Waals surface area contributed by atoms with Crippen molar-refractivity contribution < 1.29 is 4.79 Å². The average Bonchev–Trinajstić information content (AvgIpc) is 2.56. The molecular weight excluding hydrogens is 310 g/mol. The van der Waals surface area contributed by atoms with Crippen molar-refractivity contribution in [2.45, 2.75) is 19.8 Å². The lowest BCUT2D eigenvalue weighted by molar-refractivity contribution is 0.102. The molecule has 0 saturated carbocycles. The van der Waals surface area contributed by atoms with Crippen molar-refractivity contribution in [1.82, 2.24) is 4.98 Å². The highest BCUT2D eigenvalue weighted by molar-refractivity contribution is 6.31. The van der Waals surface area contributed by atoms with Gasteiger partial charge in [0.05, 0.1) is 11.9 Å². The molecule has 120 valence electrons. The van der Waals surface area contributed by atoms with Gasteiger partial charge in [0.2, 0.25) is 0 Å². The highest BCUT2D eigenvalue weighted by Crippen LogP contribution is 2.22. The summed E-state index contributed by atoms with van der Waals surface area (Å²) in [5.74, 6) is 1.58. The Morgan fingerprint density at radius 2 is 2.04 bits per heavy atom. The zero-order valence-electron chi connectivity index (χ0n) is 13.1. The molecule has 0 radical (unpaired) electrons. The number of halogens is 1. The van der Waals surface area contributed by atoms with E-state index in [0.717, 1.165) is 24.8 Å². The molecule has 0 bridgehead atoms. The number of hydrogen-bond acceptors (Lipinski definition) is 3. The Morgan fingerprint density at radius 1 is 1.26 bits per heavy atom. The van der Waals surface area contributed by atoms with Crippen molar-refractivity contribution in [2.75, 3.05) is 23.3 Å². The lowest BCUT2D eigenvalue weighted by atomic mass is 9.99. The van der Waals surface area contributed by atoms with Crippen molar-refractivity contribution in [3.63, 3.8) is 0 Å². The molecule has 1 aromatic carbocycles. The minimum absolute atomic E-state index is 0.186. The first-order chi connectivity index (χ1) is 11.1. The van der Waals surface area contributed by atoms with Crippen molar-refractivity contribution in [3.8, 4) is 0 Å². The number of carbonyl (C=O) groups is 1. The minimum Gasteiger partial charge on any atom is -0.357 e. The van der Waals surface area contributed by atoms with Crippen LogP contribution in [0.15, 0.2) is 42.6 Å². The van der Waals surface area contributed by atoms with Crippen molar-refractivity contribution >= 4 is 29.0 Å². The monoisotopic (exact) mass is 329 g/mol. The molecule has 23 heavy (non-hydrogen) atoms. The van der Waals surface area contributed by atoms with Gasteiger partial charge in [-0.05, 0) is 49.1 Å². The average molecular weight is 330 g/mol. The number of rotatable bonds is 3. The predicted molar refractivity (Wildman–Crippen MR) is 94.3 cm³/mol. The van der Waals surface area contributed by atoms with Crippen molar-refractivity contribution in [3.05, 3.63) is 53.2 Å². The van der Waals surface area contributed by atoms with E-state index in [2.05, 4.69) is 22.1 Å². The highest BCUT2D eigenvalue weighted by atomic mass is 35.5. The summed E-state index contributed by atoms with van der Waals surface area (Å²) in [5.41, 5.74) is 1.22. The summed E-state index contributed by atoms with van der Waals surface area (Å²) in [6, 6.07) is 10.7. The van der Waals surface area contributed by atoms with Crippen LogP contribution in [0.1, 0.15) is 30.1 Å². The number of benzene rings is 1. The zero-order chi connectivity index (χ0) is 16.2. The standard InChI is InChI=1S/C18H20ClN3O/c1-13-7-9-22(10-8-13)17-6-5-16(12-20-17)21-18(23)14-3-2-4-15(19)11-14/h2-6,11-13H,7-10H2,1H3,(H,21,23). The highest BCUT2D eigenvalue weighted by Gasteiger charge is 2.16. The zero-order valence-corrected chi connectivity index (χ0v) is 13.9. The molecule has 4 nitrogen and oxygen atoms in total. The lowest BCUT2D eigenvalue weighted by Gasteiger charge is -2.31. The molecule has 5 heteroatoms. The van der Waals surface area contributed by atoms with E-state index in [4.69, 9.17) is 11.6 Å². The van der Waals surface area contributed by atoms with Gasteiger partial charge in [0.25, 0.3) is 5.91 Å². The van der Waals surface area contributed by atoms with Gasteiger partial charge < -0.3 is 10.2 Å². The summed E-state index contributed by atoms with van der Waals surface area (Å²) in [6.07, 6.45) is 4.11. The van der Waals surface area contributed by atoms with E-state index in [1.807, 2.05) is 12.1 Å². The van der Waals surface area contributed by atoms with Gasteiger partial charge in [-0.3, -0.25) is 4.79 Å². The van der Waals surface area contributed by atoms with E-state index in [1.54, 1.807) is 30.5 Å². The molecule has 0 unspecified atom stereocenters. The Bertz CT molecular complexity index is 679. The Morgan fingerprint density at radius 3 is 2.70 bits per heavy atom. The van der Waals surface area contributed by atoms with Gasteiger partial charge >= 0.3 is 0 Å². The number of piperidine rings is 1. The SMILES string of the molecule is CC1CCN(c2ccc(NC(=O)c3cccc(Cl)c3)cn2)CC1. The van der Waals surface area contributed by atoms with Crippen LogP contribution in [-0.4, -0.2) is 24.0 Å². The Hall–Kier alpha value is -2.07. The molecule has 0 aliphatic carbocycles. The van der Waals surface area contributed by atoms with Crippen LogP contribution in [0.25, 0.3) is 0 Å². The lowest BCUT2D eigenvalue weighted by Crippen LogP contribution is -2.33. The molecule has 0 atom stereocenters. The minimum atomic E-state index is -0.186. The maximum Gasteiger partial charge on any atom is 0.255 e. The second kappa shape index (κ2) is 7.01. The van der Waals surface area contributed by atoms with Crippen LogP contribution in [0.3, 0.4) is 0 Å². The van der Waals surface area contributed by atoms with Gasteiger partial charge in [0.15, 0.2) is 0 Å². The third-order valence-electron chi connectivity index (χ3n) is 4.20. The first-order valence-corrected chi connectivity index (χ1v) is 8.27. The largest absolute Gasteiger partial charge is 0.357 e. The molecule has 3 rings (SSSR count). The van der Waals surface area contributed by atoms with Crippen molar-refractivity contribution in [2.24, 2.45) is 5.92 Å². The molecular formula is C18H20ClN3O. The number of pyridine rings is 1. The van der Waals surface area contributed by atoms with E-state index < -0.39 is 0 Å². The fourth-order valence-corrected chi connectivity index (χ4v) is 2.91. The second-order valence-electron chi connectivity index (χ2n) is 6.04. The number of anilines is 2. The first-order valence-electron chi connectivity index (χ1n) is 7.90. The quantitative estimate of drug-likeness (QED) is 0.916. The summed E-state index contributed by atoms with van der Waals surface area (Å²) in [4.78, 5) is 19.0. The van der Waals surface area contributed by atoms with Crippen LogP contribution in [0, 0.1) is 5.92 Å². The summed E-state index contributed by atoms with van der Waals surface area (Å²) in [7, 11) is 0. The normalized spacial score (nSPS) is 15.5. The van der Waals surface area contributed by atoms with Gasteiger partial charge in [-0.1, -0.05) is 24.6 Å². The molecule has 1 saturated heterocycles. The number of aromatic nitrogens is 1. The molecule has 1 amide bonds. The van der Waals surface area contributed by atoms with Gasteiger partial charge in [-0.15, -0.1) is 0 Å². The first kappa shape index (κ1) is 15.8. The molecule has 2 heterocycles. The number of nitrogens with one attached hydrogen (secondary N) is 1. The van der Waals surface area contributed by atoms with Crippen LogP contribution in [0.5, 0.6) is 0 Å². The van der Waals surface area contributed by atoms with E-state index in [-0.39, 0.29) is 5.91 Å². The van der Waals surface area contributed by atoms with E-state index in [1.165, 1.54) is 12.8 Å². The second-order valence-corrected chi connectivity index (χ2v) is 6.48. The van der Waals surface area contributed by atoms with E-state index >= 15 is 0 Å². The third kappa shape index (κ3) is 4.02. The molecule has 1 N–H and O–H groups in total. The van der Waals surface area contributed by atoms with E-state index in [9.17, 15) is 4.79 Å². The van der Waals surface area contributed by atoms with Crippen LogP contribution in [-0.2, 0) is 0 Å². The Labute approximate surface area is 141 Å². The van der Waals surface area contributed by atoms with Crippen LogP contribution < -0.4 is 10.2 Å². The summed E-state index contributed by atoms with van der Waals surface area (Å²) in [6.45, 7) is 4.38. The van der Waals surface area contributed by atoms with Gasteiger partial charge in [-0.2, -0.15) is 0 Å². The smallest absolute Gasteiger partial charge is 0.255 e. The van der Waals surface area contributed by atoms with E-state index in [0.29, 0.717) is 16.3 Å². The van der Waals surface area contributed by atoms with Crippen molar-refractivity contribution in [1.29, 1.82) is 0 Å². The van der Waals surface area contributed by atoms with Gasteiger partial charge in [0, 0.05) is 23.7 Å². The van der Waals surface area contributed by atoms with Crippen LogP contribution in [0.4, 0.5) is 11.5 Å². The third-order valence-corrected chi connectivity index (χ3v) is 4.44. The Balaban J connectivity index is 1.64. The molecule has 1 aromatic heterocycles. The van der Waals surface area contributed by atoms with Gasteiger partial charge in [0.1, 0.15) is 5.82 Å². The number of hydrogen-bond donors (Lipinski definition) is 1. The topological polar surface area (TPSA) is 45.2 Å². The van der Waals surface area contributed by atoms with Gasteiger partial charge in [-0.25, -0.2) is 4.98 Å². The molecule has 1 fully saturated rings. The number of amides is 1. The number of nitrogens with zero attached hydrogens (tertiary/aromatic N) is 2. The maximum absolute atomic E-state index is 12.2. The predicted octanol–water partition coefficient (Wildman–Crippen LogP) is 4.22. The molecule has 1 aliphatic rings. The van der Waals surface area contributed by atoms with Crippen LogP contribution >= 0.6 is 11.6 Å². The summed E-state index contributed by atoms with van der Waals surface area (Å²) in [5, 5.41) is 3.39. The molecule has 1 aliphatic heterocycles. The summed E-state index contributed by atoms with van der Waals surface area (Å²) >= 11 is 5.91. The fourth-order valence-electron chi connectivity index (χ4n) is 2.72. The summed E-state index contributed by atoms with van der Waals surface area (Å²) < 4.78 is 0. The molecule has 0 spiro atoms. The maximum atomic E-state index is 12.2. The number of carbonyl (C=O) groups excluding carboxylic acids is 1.